The summed E-state index contributed by atoms with van der Waals surface area (Å²) < 4.78 is 46.2. The molecule has 1 rings (SSSR count). The lowest BCUT2D eigenvalue weighted by atomic mass is 9.99. The molecule has 1 saturated heterocycles. The van der Waals surface area contributed by atoms with Crippen molar-refractivity contribution in [1.82, 2.24) is 0 Å². The second-order valence-electron chi connectivity index (χ2n) is 9.44. The molecule has 0 radical (unpaired) electrons. The number of ether oxygens (including phenoxy) is 2. The molecule has 0 aliphatic carbocycles. The molecule has 1 aliphatic heterocycles. The third kappa shape index (κ3) is 13.8. The molecule has 11 nitrogen and oxygen atoms in total. The fourth-order valence-corrected chi connectivity index (χ4v) is 4.53. The van der Waals surface area contributed by atoms with Gasteiger partial charge < -0.3 is 35.6 Å². The number of hydrogen-bond acceptors (Lipinski definition) is 10. The minimum Gasteiger partial charge on any atom is -0.394 e. The molecular weight excluding hydrogens is 494 g/mol. The zero-order chi connectivity index (χ0) is 27.0. The van der Waals surface area contributed by atoms with Crippen LogP contribution in [0.4, 0.5) is 0 Å². The van der Waals surface area contributed by atoms with E-state index < -0.39 is 59.9 Å². The maximum absolute atomic E-state index is 11.1. The Morgan fingerprint density at radius 1 is 0.972 bits per heavy atom. The SMILES string of the molecule is CCCCCCCCCCCCCC=CC(O)C(N)COC1O[C@H](CO)[C@H](O)[C@H](O)[C@H]1OS(=O)(=O)O. The van der Waals surface area contributed by atoms with Crippen LogP contribution in [0.15, 0.2) is 12.2 Å². The minimum atomic E-state index is -5.01. The molecule has 0 aromatic carbocycles. The van der Waals surface area contributed by atoms with E-state index >= 15 is 0 Å². The Balaban J connectivity index is 2.31. The largest absolute Gasteiger partial charge is 0.397 e. The molecule has 36 heavy (non-hydrogen) atoms. The Morgan fingerprint density at radius 3 is 2.06 bits per heavy atom. The molecule has 0 amide bonds. The molecule has 0 bridgehead atoms. The molecule has 7 atom stereocenters. The van der Waals surface area contributed by atoms with Gasteiger partial charge in [0.05, 0.1) is 25.4 Å². The van der Waals surface area contributed by atoms with Crippen molar-refractivity contribution >= 4 is 10.4 Å². The van der Waals surface area contributed by atoms with Crippen molar-refractivity contribution in [3.8, 4) is 0 Å². The maximum Gasteiger partial charge on any atom is 0.397 e. The average Bonchev–Trinajstić information content (AvgIpc) is 2.83. The highest BCUT2D eigenvalue weighted by atomic mass is 32.3. The summed E-state index contributed by atoms with van der Waals surface area (Å²) in [4.78, 5) is 0. The normalized spacial score (nSPS) is 26.9. The summed E-state index contributed by atoms with van der Waals surface area (Å²) in [6.07, 6.45) is 8.78. The van der Waals surface area contributed by atoms with Crippen LogP contribution in [0.25, 0.3) is 0 Å². The second-order valence-corrected chi connectivity index (χ2v) is 10.5. The highest BCUT2D eigenvalue weighted by Gasteiger charge is 2.47. The van der Waals surface area contributed by atoms with Gasteiger partial charge in [-0.05, 0) is 12.8 Å². The van der Waals surface area contributed by atoms with E-state index in [2.05, 4.69) is 11.1 Å². The third-order valence-electron chi connectivity index (χ3n) is 6.26. The van der Waals surface area contributed by atoms with E-state index in [1.807, 2.05) is 6.08 Å². The van der Waals surface area contributed by atoms with Crippen LogP contribution >= 0.6 is 0 Å². The quantitative estimate of drug-likeness (QED) is 0.0745. The molecular formula is C24H47NO10S. The summed E-state index contributed by atoms with van der Waals surface area (Å²) in [6.45, 7) is 1.22. The monoisotopic (exact) mass is 541 g/mol. The highest BCUT2D eigenvalue weighted by molar-refractivity contribution is 7.80. The van der Waals surface area contributed by atoms with Crippen LogP contribution < -0.4 is 5.73 Å². The lowest BCUT2D eigenvalue weighted by Gasteiger charge is -2.41. The van der Waals surface area contributed by atoms with Gasteiger partial charge in [-0.1, -0.05) is 83.3 Å². The highest BCUT2D eigenvalue weighted by Crippen LogP contribution is 2.25. The molecule has 7 N–H and O–H groups in total. The number of aliphatic hydroxyl groups excluding tert-OH is 4. The molecule has 12 heteroatoms. The first kappa shape index (κ1) is 33.4. The van der Waals surface area contributed by atoms with Crippen LogP contribution in [0.1, 0.15) is 84.0 Å². The summed E-state index contributed by atoms with van der Waals surface area (Å²) in [5.41, 5.74) is 5.93. The predicted molar refractivity (Wildman–Crippen MR) is 134 cm³/mol. The molecule has 0 aromatic heterocycles. The van der Waals surface area contributed by atoms with Crippen LogP contribution in [-0.4, -0.2) is 89.5 Å². The van der Waals surface area contributed by atoms with Crippen molar-refractivity contribution < 1.29 is 47.1 Å². The van der Waals surface area contributed by atoms with E-state index in [1.165, 1.54) is 57.8 Å². The molecule has 1 aliphatic rings. The van der Waals surface area contributed by atoms with Crippen LogP contribution in [-0.2, 0) is 24.1 Å². The molecule has 214 valence electrons. The van der Waals surface area contributed by atoms with E-state index in [4.69, 9.17) is 19.8 Å². The average molecular weight is 542 g/mol. The predicted octanol–water partition coefficient (Wildman–Crippen LogP) is 1.58. The van der Waals surface area contributed by atoms with Gasteiger partial charge in [-0.15, -0.1) is 0 Å². The number of aliphatic hydroxyl groups is 4. The number of hydrogen-bond donors (Lipinski definition) is 6. The summed E-state index contributed by atoms with van der Waals surface area (Å²) in [5.74, 6) is 0. The number of allylic oxidation sites excluding steroid dienone is 1. The van der Waals surface area contributed by atoms with Gasteiger partial charge in [0, 0.05) is 0 Å². The Kier molecular flexibility index (Phi) is 17.2. The summed E-state index contributed by atoms with van der Waals surface area (Å²) in [7, 11) is -5.01. The lowest BCUT2D eigenvalue weighted by Crippen LogP contribution is -2.61. The Morgan fingerprint density at radius 2 is 1.53 bits per heavy atom. The molecule has 0 saturated carbocycles. The van der Waals surface area contributed by atoms with Gasteiger partial charge in [-0.2, -0.15) is 8.42 Å². The molecule has 3 unspecified atom stereocenters. The Labute approximate surface area is 215 Å². The molecule has 0 spiro atoms. The van der Waals surface area contributed by atoms with E-state index in [0.717, 1.165) is 19.3 Å². The first-order chi connectivity index (χ1) is 17.1. The van der Waals surface area contributed by atoms with Crippen molar-refractivity contribution in [3.63, 3.8) is 0 Å². The van der Waals surface area contributed by atoms with E-state index in [9.17, 15) is 28.8 Å². The van der Waals surface area contributed by atoms with Crippen LogP contribution in [0.2, 0.25) is 0 Å². The number of rotatable bonds is 20. The van der Waals surface area contributed by atoms with Gasteiger partial charge in [0.25, 0.3) is 0 Å². The summed E-state index contributed by atoms with van der Waals surface area (Å²) in [5, 5.41) is 39.6. The number of nitrogens with two attached hydrogens (primary N) is 1. The van der Waals surface area contributed by atoms with E-state index in [1.54, 1.807) is 6.08 Å². The number of unbranched alkanes of at least 4 members (excludes halogenated alkanes) is 11. The van der Waals surface area contributed by atoms with Crippen molar-refractivity contribution in [3.05, 3.63) is 12.2 Å². The van der Waals surface area contributed by atoms with Gasteiger partial charge in [0.1, 0.15) is 18.3 Å². The standard InChI is InChI=1S/C24H47NO10S/c1-2-3-4-5-6-7-8-9-10-11-12-13-14-15-19(27)18(25)17-33-24-23(35-36(30,31)32)22(29)21(28)20(16-26)34-24/h14-15,18-24,26-29H,2-13,16-17,25H2,1H3,(H,30,31,32)/t18?,19?,20-,21+,22+,23-,24?/m1/s1. The van der Waals surface area contributed by atoms with Crippen LogP contribution in [0.3, 0.4) is 0 Å². The molecule has 1 fully saturated rings. The zero-order valence-electron chi connectivity index (χ0n) is 21.4. The van der Waals surface area contributed by atoms with Crippen LogP contribution in [0.5, 0.6) is 0 Å². The Bertz CT molecular complexity index is 692. The van der Waals surface area contributed by atoms with E-state index in [0.29, 0.717) is 0 Å². The van der Waals surface area contributed by atoms with Gasteiger partial charge in [-0.25, -0.2) is 4.18 Å². The lowest BCUT2D eigenvalue weighted by molar-refractivity contribution is -0.296. The summed E-state index contributed by atoms with van der Waals surface area (Å²) >= 11 is 0. The fraction of sp³-hybridized carbons (Fsp3) is 0.917. The molecule has 0 aromatic rings. The van der Waals surface area contributed by atoms with E-state index in [-0.39, 0.29) is 6.61 Å². The van der Waals surface area contributed by atoms with Crippen molar-refractivity contribution in [1.29, 1.82) is 0 Å². The topological polar surface area (TPSA) is 189 Å². The smallest absolute Gasteiger partial charge is 0.394 e. The maximum atomic E-state index is 11.1. The van der Waals surface area contributed by atoms with Gasteiger partial charge in [-0.3, -0.25) is 4.55 Å². The fourth-order valence-electron chi connectivity index (χ4n) is 4.04. The summed E-state index contributed by atoms with van der Waals surface area (Å²) in [6, 6.07) is -0.912. The van der Waals surface area contributed by atoms with Crippen molar-refractivity contribution in [2.75, 3.05) is 13.2 Å². The second kappa shape index (κ2) is 18.6. The van der Waals surface area contributed by atoms with Crippen molar-refractivity contribution in [2.24, 2.45) is 5.73 Å². The molecule has 1 heterocycles. The zero-order valence-corrected chi connectivity index (χ0v) is 22.2. The van der Waals surface area contributed by atoms with Crippen molar-refractivity contribution in [2.45, 2.75) is 127 Å². The first-order valence-corrected chi connectivity index (χ1v) is 14.5. The van der Waals surface area contributed by atoms with Crippen LogP contribution in [0, 0.1) is 0 Å². The van der Waals surface area contributed by atoms with Gasteiger partial charge in [0.2, 0.25) is 0 Å². The first-order valence-electron chi connectivity index (χ1n) is 13.1. The minimum absolute atomic E-state index is 0.319. The van der Waals surface area contributed by atoms with Gasteiger partial charge in [0.15, 0.2) is 12.4 Å². The van der Waals surface area contributed by atoms with Gasteiger partial charge >= 0.3 is 10.4 Å². The third-order valence-corrected chi connectivity index (χ3v) is 6.72. The Hall–Kier alpha value is -0.670.